The van der Waals surface area contributed by atoms with E-state index in [2.05, 4.69) is 20.7 Å². The van der Waals surface area contributed by atoms with E-state index in [1.54, 1.807) is 12.3 Å². The van der Waals surface area contributed by atoms with Gasteiger partial charge in [-0.3, -0.25) is 10.7 Å². The fourth-order valence-electron chi connectivity index (χ4n) is 1.61. The van der Waals surface area contributed by atoms with Crippen molar-refractivity contribution in [2.24, 2.45) is 0 Å². The summed E-state index contributed by atoms with van der Waals surface area (Å²) >= 11 is 0. The number of hydrogen-bond acceptors (Lipinski definition) is 5. The number of piperazine rings is 1. The van der Waals surface area contributed by atoms with Crippen LogP contribution in [-0.4, -0.2) is 36.4 Å². The molecule has 0 aliphatic carbocycles. The molecule has 5 nitrogen and oxygen atoms in total. The lowest BCUT2D eigenvalue weighted by atomic mass is 10.3. The summed E-state index contributed by atoms with van der Waals surface area (Å²) in [4.78, 5) is 6.40. The summed E-state index contributed by atoms with van der Waals surface area (Å²) in [7, 11) is 0. The van der Waals surface area contributed by atoms with Crippen LogP contribution in [0.25, 0.3) is 0 Å². The second-order valence-corrected chi connectivity index (χ2v) is 3.22. The molecule has 0 saturated carbocycles. The molecule has 1 aliphatic heterocycles. The standard InChI is InChI=1S/C9H14N4O/c14-12-8-2-1-3-11-9(8)13-6-4-10-5-7-13/h1-3,10,12,14H,4-7H2. The van der Waals surface area contributed by atoms with Crippen LogP contribution in [0.5, 0.6) is 0 Å². The summed E-state index contributed by atoms with van der Waals surface area (Å²) in [5, 5.41) is 12.2. The molecule has 2 heterocycles. The van der Waals surface area contributed by atoms with E-state index < -0.39 is 0 Å². The molecule has 0 radical (unpaired) electrons. The minimum atomic E-state index is 0.661. The number of hydrogen-bond donors (Lipinski definition) is 3. The topological polar surface area (TPSA) is 60.4 Å². The molecule has 1 aliphatic rings. The highest BCUT2D eigenvalue weighted by Crippen LogP contribution is 2.21. The number of nitrogens with one attached hydrogen (secondary N) is 2. The Bertz CT molecular complexity index is 299. The SMILES string of the molecule is ONc1cccnc1N1CCNCC1. The van der Waals surface area contributed by atoms with E-state index in [1.807, 2.05) is 6.07 Å². The van der Waals surface area contributed by atoms with Gasteiger partial charge < -0.3 is 10.2 Å². The fraction of sp³-hybridized carbons (Fsp3) is 0.444. The maximum Gasteiger partial charge on any atom is 0.154 e. The van der Waals surface area contributed by atoms with E-state index >= 15 is 0 Å². The first kappa shape index (κ1) is 9.23. The Hall–Kier alpha value is -1.33. The molecule has 0 aromatic carbocycles. The van der Waals surface area contributed by atoms with Crippen LogP contribution in [0, 0.1) is 0 Å². The summed E-state index contributed by atoms with van der Waals surface area (Å²) in [6, 6.07) is 3.61. The average molecular weight is 194 g/mol. The molecule has 1 fully saturated rings. The Balaban J connectivity index is 2.20. The number of anilines is 2. The third-order valence-electron chi connectivity index (χ3n) is 2.32. The largest absolute Gasteiger partial charge is 0.352 e. The third kappa shape index (κ3) is 1.78. The molecule has 0 bridgehead atoms. The summed E-state index contributed by atoms with van der Waals surface area (Å²) in [6.45, 7) is 3.76. The highest BCUT2D eigenvalue weighted by atomic mass is 16.5. The summed E-state index contributed by atoms with van der Waals surface area (Å²) in [6.07, 6.45) is 1.73. The zero-order valence-electron chi connectivity index (χ0n) is 7.90. The van der Waals surface area contributed by atoms with Gasteiger partial charge in [0, 0.05) is 32.4 Å². The molecule has 1 saturated heterocycles. The van der Waals surface area contributed by atoms with Crippen molar-refractivity contribution in [3.05, 3.63) is 18.3 Å². The maximum atomic E-state index is 8.92. The van der Waals surface area contributed by atoms with Gasteiger partial charge in [0.05, 0.1) is 0 Å². The zero-order chi connectivity index (χ0) is 9.80. The van der Waals surface area contributed by atoms with E-state index in [0.717, 1.165) is 32.0 Å². The van der Waals surface area contributed by atoms with Gasteiger partial charge in [0.2, 0.25) is 0 Å². The summed E-state index contributed by atoms with van der Waals surface area (Å²) in [5.41, 5.74) is 2.83. The smallest absolute Gasteiger partial charge is 0.154 e. The van der Waals surface area contributed by atoms with Crippen LogP contribution < -0.4 is 15.7 Å². The van der Waals surface area contributed by atoms with Crippen molar-refractivity contribution in [2.75, 3.05) is 36.6 Å². The van der Waals surface area contributed by atoms with E-state index in [0.29, 0.717) is 5.69 Å². The van der Waals surface area contributed by atoms with Crippen LogP contribution in [0.15, 0.2) is 18.3 Å². The quantitative estimate of drug-likeness (QED) is 0.591. The molecule has 0 unspecified atom stereocenters. The monoisotopic (exact) mass is 194 g/mol. The van der Waals surface area contributed by atoms with E-state index in [1.165, 1.54) is 0 Å². The highest BCUT2D eigenvalue weighted by molar-refractivity contribution is 5.64. The second-order valence-electron chi connectivity index (χ2n) is 3.22. The fourth-order valence-corrected chi connectivity index (χ4v) is 1.61. The summed E-state index contributed by atoms with van der Waals surface area (Å²) < 4.78 is 0. The molecule has 0 atom stereocenters. The predicted molar refractivity (Wildman–Crippen MR) is 54.7 cm³/mol. The van der Waals surface area contributed by atoms with Crippen molar-refractivity contribution in [3.8, 4) is 0 Å². The van der Waals surface area contributed by atoms with Gasteiger partial charge in [-0.2, -0.15) is 0 Å². The van der Waals surface area contributed by atoms with E-state index in [9.17, 15) is 0 Å². The molecule has 0 spiro atoms. The van der Waals surface area contributed by atoms with Crippen molar-refractivity contribution in [3.63, 3.8) is 0 Å². The first-order valence-corrected chi connectivity index (χ1v) is 4.72. The van der Waals surface area contributed by atoms with Gasteiger partial charge in [0.1, 0.15) is 5.69 Å². The van der Waals surface area contributed by atoms with Crippen molar-refractivity contribution >= 4 is 11.5 Å². The van der Waals surface area contributed by atoms with Crippen molar-refractivity contribution in [1.29, 1.82) is 0 Å². The van der Waals surface area contributed by atoms with Crippen molar-refractivity contribution in [2.45, 2.75) is 0 Å². The van der Waals surface area contributed by atoms with E-state index in [-0.39, 0.29) is 0 Å². The van der Waals surface area contributed by atoms with Gasteiger partial charge in [-0.15, -0.1) is 0 Å². The van der Waals surface area contributed by atoms with Gasteiger partial charge in [0.25, 0.3) is 0 Å². The van der Waals surface area contributed by atoms with Gasteiger partial charge in [-0.25, -0.2) is 4.98 Å². The van der Waals surface area contributed by atoms with Gasteiger partial charge in [0.15, 0.2) is 5.82 Å². The minimum absolute atomic E-state index is 0.661. The van der Waals surface area contributed by atoms with Crippen molar-refractivity contribution in [1.82, 2.24) is 10.3 Å². The molecule has 14 heavy (non-hydrogen) atoms. The lowest BCUT2D eigenvalue weighted by molar-refractivity contribution is 0.388. The number of pyridine rings is 1. The first-order valence-electron chi connectivity index (χ1n) is 4.72. The Morgan fingerprint density at radius 1 is 1.43 bits per heavy atom. The molecule has 0 amide bonds. The second kappa shape index (κ2) is 4.26. The predicted octanol–water partition coefficient (Wildman–Crippen LogP) is 0.292. The molecule has 5 heteroatoms. The normalized spacial score (nSPS) is 16.8. The lowest BCUT2D eigenvalue weighted by Gasteiger charge is -2.29. The first-order chi connectivity index (χ1) is 6.92. The molecule has 3 N–H and O–H groups in total. The van der Waals surface area contributed by atoms with Crippen LogP contribution >= 0.6 is 0 Å². The molecule has 1 aromatic rings. The number of aromatic nitrogens is 1. The van der Waals surface area contributed by atoms with Crippen LogP contribution in [0.3, 0.4) is 0 Å². The highest BCUT2D eigenvalue weighted by Gasteiger charge is 2.14. The average Bonchev–Trinajstić information content (AvgIpc) is 2.30. The van der Waals surface area contributed by atoms with E-state index in [4.69, 9.17) is 5.21 Å². The molecule has 1 aromatic heterocycles. The Morgan fingerprint density at radius 2 is 2.21 bits per heavy atom. The number of rotatable bonds is 2. The van der Waals surface area contributed by atoms with Crippen LogP contribution in [-0.2, 0) is 0 Å². The van der Waals surface area contributed by atoms with Gasteiger partial charge in [-0.05, 0) is 12.1 Å². The van der Waals surface area contributed by atoms with Crippen LogP contribution in [0.2, 0.25) is 0 Å². The molecule has 2 rings (SSSR count). The van der Waals surface area contributed by atoms with Gasteiger partial charge in [-0.1, -0.05) is 0 Å². The zero-order valence-corrected chi connectivity index (χ0v) is 7.90. The van der Waals surface area contributed by atoms with Crippen LogP contribution in [0.1, 0.15) is 0 Å². The lowest BCUT2D eigenvalue weighted by Crippen LogP contribution is -2.44. The Labute approximate surface area is 82.7 Å². The molecular formula is C9H14N4O. The number of nitrogens with zero attached hydrogens (tertiary/aromatic N) is 2. The van der Waals surface area contributed by atoms with Crippen LogP contribution in [0.4, 0.5) is 11.5 Å². The molecule has 76 valence electrons. The third-order valence-corrected chi connectivity index (χ3v) is 2.32. The summed E-state index contributed by atoms with van der Waals surface area (Å²) in [5.74, 6) is 0.816. The van der Waals surface area contributed by atoms with Crippen molar-refractivity contribution < 1.29 is 5.21 Å². The maximum absolute atomic E-state index is 8.92. The minimum Gasteiger partial charge on any atom is -0.352 e. The Morgan fingerprint density at radius 3 is 2.93 bits per heavy atom. The molecular weight excluding hydrogens is 180 g/mol. The Kier molecular flexibility index (Phi) is 2.81. The van der Waals surface area contributed by atoms with Gasteiger partial charge >= 0.3 is 0 Å².